The second kappa shape index (κ2) is 9.07. The molecule has 0 unspecified atom stereocenters. The Balaban J connectivity index is 1.59. The predicted molar refractivity (Wildman–Crippen MR) is 109 cm³/mol. The number of methoxy groups -OCH3 is 2. The molecule has 140 valence electrons. The second-order valence-corrected chi connectivity index (χ2v) is 7.70. The highest BCUT2D eigenvalue weighted by atomic mass is 35.5. The van der Waals surface area contributed by atoms with Crippen LogP contribution < -0.4 is 14.8 Å². The molecule has 3 rings (SSSR count). The van der Waals surface area contributed by atoms with E-state index in [1.165, 1.54) is 30.4 Å². The topological polar surface area (TPSA) is 73.3 Å². The summed E-state index contributed by atoms with van der Waals surface area (Å²) in [6, 6.07) is 12.6. The van der Waals surface area contributed by atoms with E-state index in [0.717, 1.165) is 11.3 Å². The van der Waals surface area contributed by atoms with Crippen LogP contribution in [0.15, 0.2) is 46.8 Å². The first-order valence-corrected chi connectivity index (χ1v) is 9.97. The number of hydrogen-bond donors (Lipinski definition) is 1. The van der Waals surface area contributed by atoms with Gasteiger partial charge in [-0.05, 0) is 54.0 Å². The number of aromatic nitrogens is 2. The van der Waals surface area contributed by atoms with Gasteiger partial charge in [0.15, 0.2) is 10.2 Å². The van der Waals surface area contributed by atoms with Gasteiger partial charge in [0.05, 0.1) is 25.7 Å². The fourth-order valence-corrected chi connectivity index (χ4v) is 3.80. The summed E-state index contributed by atoms with van der Waals surface area (Å²) in [5.74, 6) is 1.98. The highest BCUT2D eigenvalue weighted by Gasteiger charge is 2.12. The Bertz CT molecular complexity index is 932. The molecule has 0 saturated heterocycles. The van der Waals surface area contributed by atoms with Gasteiger partial charge in [-0.15, -0.1) is 0 Å². The summed E-state index contributed by atoms with van der Waals surface area (Å²) in [6.45, 7) is 0. The lowest BCUT2D eigenvalue weighted by Crippen LogP contribution is -2.14. The van der Waals surface area contributed by atoms with Gasteiger partial charge in [-0.2, -0.15) is 4.37 Å². The van der Waals surface area contributed by atoms with Gasteiger partial charge in [0.1, 0.15) is 11.5 Å². The molecule has 1 N–H and O–H groups in total. The first kappa shape index (κ1) is 19.5. The minimum Gasteiger partial charge on any atom is -0.497 e. The van der Waals surface area contributed by atoms with Crippen LogP contribution in [0, 0.1) is 0 Å². The molecule has 0 fully saturated rings. The Morgan fingerprint density at radius 1 is 1.19 bits per heavy atom. The summed E-state index contributed by atoms with van der Waals surface area (Å²) in [5.41, 5.74) is 1.43. The lowest BCUT2D eigenvalue weighted by Gasteiger charge is -2.09. The number of hydrogen-bond acceptors (Lipinski definition) is 7. The SMILES string of the molecule is COc1ccc(-c2nsc(SCC(=O)Nc3cc(Cl)ccc3OC)n2)cc1. The minimum absolute atomic E-state index is 0.179. The highest BCUT2D eigenvalue weighted by Crippen LogP contribution is 2.29. The van der Waals surface area contributed by atoms with Crippen LogP contribution in [0.2, 0.25) is 5.02 Å². The van der Waals surface area contributed by atoms with Gasteiger partial charge in [-0.3, -0.25) is 4.79 Å². The summed E-state index contributed by atoms with van der Waals surface area (Å²) in [4.78, 5) is 16.7. The maximum Gasteiger partial charge on any atom is 0.234 e. The zero-order valence-corrected chi connectivity index (χ0v) is 17.0. The van der Waals surface area contributed by atoms with Crippen molar-refractivity contribution in [3.63, 3.8) is 0 Å². The maximum atomic E-state index is 12.2. The molecular weight excluding hydrogens is 406 g/mol. The molecule has 1 heterocycles. The third-order valence-electron chi connectivity index (χ3n) is 3.52. The first-order valence-electron chi connectivity index (χ1n) is 7.83. The lowest BCUT2D eigenvalue weighted by molar-refractivity contribution is -0.113. The molecule has 0 atom stereocenters. The third kappa shape index (κ3) is 5.12. The maximum absolute atomic E-state index is 12.2. The molecule has 1 amide bonds. The van der Waals surface area contributed by atoms with Gasteiger partial charge >= 0.3 is 0 Å². The Labute approximate surface area is 170 Å². The molecule has 0 radical (unpaired) electrons. The Hall–Kier alpha value is -2.29. The average Bonchev–Trinajstić information content (AvgIpc) is 3.16. The largest absolute Gasteiger partial charge is 0.497 e. The molecule has 0 aliphatic carbocycles. The van der Waals surface area contributed by atoms with Gasteiger partial charge < -0.3 is 14.8 Å². The average molecular weight is 422 g/mol. The summed E-state index contributed by atoms with van der Waals surface area (Å²) < 4.78 is 15.4. The van der Waals surface area contributed by atoms with E-state index in [9.17, 15) is 4.79 Å². The van der Waals surface area contributed by atoms with E-state index >= 15 is 0 Å². The van der Waals surface area contributed by atoms with Crippen molar-refractivity contribution in [1.29, 1.82) is 0 Å². The molecule has 0 spiro atoms. The fraction of sp³-hybridized carbons (Fsp3) is 0.167. The van der Waals surface area contributed by atoms with Crippen LogP contribution in [0.25, 0.3) is 11.4 Å². The Kier molecular flexibility index (Phi) is 6.54. The van der Waals surface area contributed by atoms with E-state index in [1.54, 1.807) is 25.3 Å². The number of nitrogens with zero attached hydrogens (tertiary/aromatic N) is 2. The summed E-state index contributed by atoms with van der Waals surface area (Å²) in [7, 11) is 3.16. The number of benzene rings is 2. The number of carbonyl (C=O) groups is 1. The predicted octanol–water partition coefficient (Wildman–Crippen LogP) is 4.61. The van der Waals surface area contributed by atoms with E-state index in [4.69, 9.17) is 21.1 Å². The molecule has 0 bridgehead atoms. The van der Waals surface area contributed by atoms with Gasteiger partial charge in [0, 0.05) is 10.6 Å². The van der Waals surface area contributed by atoms with Gasteiger partial charge in [-0.1, -0.05) is 23.4 Å². The molecule has 27 heavy (non-hydrogen) atoms. The number of halogens is 1. The van der Waals surface area contributed by atoms with Crippen molar-refractivity contribution < 1.29 is 14.3 Å². The molecule has 6 nitrogen and oxygen atoms in total. The number of ether oxygens (including phenoxy) is 2. The monoisotopic (exact) mass is 421 g/mol. The molecular formula is C18H16ClN3O3S2. The number of thioether (sulfide) groups is 1. The van der Waals surface area contributed by atoms with E-state index in [2.05, 4.69) is 14.7 Å². The van der Waals surface area contributed by atoms with Crippen LogP contribution in [0.4, 0.5) is 5.69 Å². The fourth-order valence-electron chi connectivity index (χ4n) is 2.22. The quantitative estimate of drug-likeness (QED) is 0.562. The molecule has 2 aromatic carbocycles. The van der Waals surface area contributed by atoms with Gasteiger partial charge in [0.25, 0.3) is 0 Å². The van der Waals surface area contributed by atoms with E-state index in [0.29, 0.717) is 26.6 Å². The number of nitrogens with one attached hydrogen (secondary N) is 1. The number of amides is 1. The smallest absolute Gasteiger partial charge is 0.234 e. The molecule has 1 aromatic heterocycles. The van der Waals surface area contributed by atoms with Gasteiger partial charge in [-0.25, -0.2) is 4.98 Å². The van der Waals surface area contributed by atoms with Crippen LogP contribution in [0.5, 0.6) is 11.5 Å². The van der Waals surface area contributed by atoms with Crippen molar-refractivity contribution in [3.8, 4) is 22.9 Å². The molecule has 0 aliphatic rings. The van der Waals surface area contributed by atoms with Crippen LogP contribution in [0.3, 0.4) is 0 Å². The summed E-state index contributed by atoms with van der Waals surface area (Å²) >= 11 is 8.55. The third-order valence-corrected chi connectivity index (χ3v) is 5.59. The van der Waals surface area contributed by atoms with Crippen LogP contribution in [0.1, 0.15) is 0 Å². The lowest BCUT2D eigenvalue weighted by atomic mass is 10.2. The number of anilines is 1. The Morgan fingerprint density at radius 3 is 2.67 bits per heavy atom. The normalized spacial score (nSPS) is 10.5. The van der Waals surface area contributed by atoms with E-state index in [1.807, 2.05) is 24.3 Å². The second-order valence-electron chi connectivity index (χ2n) is 5.29. The van der Waals surface area contributed by atoms with Crippen molar-refractivity contribution in [2.45, 2.75) is 4.34 Å². The van der Waals surface area contributed by atoms with Crippen LogP contribution in [-0.2, 0) is 4.79 Å². The van der Waals surface area contributed by atoms with Crippen molar-refractivity contribution in [2.75, 3.05) is 25.3 Å². The summed E-state index contributed by atoms with van der Waals surface area (Å²) in [5, 5.41) is 3.32. The van der Waals surface area contributed by atoms with E-state index in [-0.39, 0.29) is 11.7 Å². The standard InChI is InChI=1S/C18H16ClN3O3S2/c1-24-13-6-3-11(4-7-13)17-21-18(27-22-17)26-10-16(23)20-14-9-12(19)5-8-15(14)25-2/h3-9H,10H2,1-2H3,(H,20,23). The molecule has 9 heteroatoms. The molecule has 0 aliphatic heterocycles. The van der Waals surface area contributed by atoms with Crippen LogP contribution in [-0.4, -0.2) is 35.2 Å². The van der Waals surface area contributed by atoms with Crippen LogP contribution >= 0.6 is 34.9 Å². The van der Waals surface area contributed by atoms with Crippen molar-refractivity contribution in [2.24, 2.45) is 0 Å². The zero-order valence-electron chi connectivity index (χ0n) is 14.6. The minimum atomic E-state index is -0.179. The van der Waals surface area contributed by atoms with E-state index < -0.39 is 0 Å². The highest BCUT2D eigenvalue weighted by molar-refractivity contribution is 8.01. The number of carbonyl (C=O) groups excluding carboxylic acids is 1. The zero-order chi connectivity index (χ0) is 19.2. The Morgan fingerprint density at radius 2 is 1.96 bits per heavy atom. The number of rotatable bonds is 7. The van der Waals surface area contributed by atoms with Gasteiger partial charge in [0.2, 0.25) is 5.91 Å². The van der Waals surface area contributed by atoms with Crippen molar-refractivity contribution in [1.82, 2.24) is 9.36 Å². The first-order chi connectivity index (χ1) is 13.1. The molecule has 3 aromatic rings. The summed E-state index contributed by atoms with van der Waals surface area (Å²) in [6.07, 6.45) is 0. The van der Waals surface area contributed by atoms with Crippen molar-refractivity contribution >= 4 is 46.5 Å². The molecule has 0 saturated carbocycles. The van der Waals surface area contributed by atoms with Crippen molar-refractivity contribution in [3.05, 3.63) is 47.5 Å².